The van der Waals surface area contributed by atoms with E-state index in [2.05, 4.69) is 14.4 Å². The first-order chi connectivity index (χ1) is 9.42. The fourth-order valence-corrected chi connectivity index (χ4v) is 3.45. The molecule has 0 spiro atoms. The number of nitrogens with one attached hydrogen (secondary N) is 1. The van der Waals surface area contributed by atoms with Gasteiger partial charge in [-0.15, -0.1) is 11.3 Å². The first-order valence-electron chi connectivity index (χ1n) is 5.56. The molecule has 0 amide bonds. The summed E-state index contributed by atoms with van der Waals surface area (Å²) in [5.74, 6) is -0.425. The molecule has 0 bridgehead atoms. The molecule has 0 radical (unpaired) electrons. The number of hydrogen-bond donors (Lipinski definition) is 1. The molecule has 1 N–H and O–H groups in total. The lowest BCUT2D eigenvalue weighted by molar-refractivity contribution is -0.139. The van der Waals surface area contributed by atoms with Gasteiger partial charge in [0.15, 0.2) is 5.03 Å². The lowest BCUT2D eigenvalue weighted by Gasteiger charge is -2.06. The Labute approximate surface area is 120 Å². The lowest BCUT2D eigenvalue weighted by Crippen LogP contribution is -2.14. The average molecular weight is 315 g/mol. The fourth-order valence-electron chi connectivity index (χ4n) is 1.50. The van der Waals surface area contributed by atoms with E-state index in [1.165, 1.54) is 35.5 Å². The number of anilines is 1. The highest BCUT2D eigenvalue weighted by Crippen LogP contribution is 2.25. The van der Waals surface area contributed by atoms with E-state index in [0.717, 1.165) is 0 Å². The molecule has 7 nitrogen and oxygen atoms in total. The number of aryl methyl sites for hydroxylation is 1. The number of sulfonamides is 1. The first-order valence-corrected chi connectivity index (χ1v) is 7.92. The second-order valence-corrected chi connectivity index (χ2v) is 6.62. The molecule has 0 aliphatic heterocycles. The summed E-state index contributed by atoms with van der Waals surface area (Å²) < 4.78 is 32.8. The van der Waals surface area contributed by atoms with Crippen molar-refractivity contribution in [2.45, 2.75) is 11.4 Å². The van der Waals surface area contributed by atoms with Gasteiger partial charge in [0.05, 0.1) is 25.5 Å². The second-order valence-electron chi connectivity index (χ2n) is 3.99. The van der Waals surface area contributed by atoms with Crippen LogP contribution in [0.4, 0.5) is 5.69 Å². The van der Waals surface area contributed by atoms with Crippen molar-refractivity contribution in [3.63, 3.8) is 0 Å². The van der Waals surface area contributed by atoms with Crippen LogP contribution < -0.4 is 4.72 Å². The molecule has 0 saturated carbocycles. The fraction of sp³-hybridized carbons (Fsp3) is 0.273. The quantitative estimate of drug-likeness (QED) is 0.831. The van der Waals surface area contributed by atoms with E-state index in [-0.39, 0.29) is 11.4 Å². The van der Waals surface area contributed by atoms with E-state index in [9.17, 15) is 13.2 Å². The van der Waals surface area contributed by atoms with Crippen molar-refractivity contribution in [2.24, 2.45) is 7.05 Å². The largest absolute Gasteiger partial charge is 0.469 e. The number of nitrogens with zero attached hydrogens (tertiary/aromatic N) is 2. The van der Waals surface area contributed by atoms with E-state index >= 15 is 0 Å². The summed E-state index contributed by atoms with van der Waals surface area (Å²) in [7, 11) is -0.790. The molecular weight excluding hydrogens is 302 g/mol. The molecule has 0 aliphatic carbocycles. The number of thiophene rings is 1. The number of esters is 1. The van der Waals surface area contributed by atoms with Crippen LogP contribution in [0.1, 0.15) is 4.88 Å². The number of rotatable bonds is 5. The predicted molar refractivity (Wildman–Crippen MR) is 74.1 cm³/mol. The van der Waals surface area contributed by atoms with Gasteiger partial charge in [0.2, 0.25) is 0 Å². The molecule has 2 heterocycles. The smallest absolute Gasteiger partial charge is 0.310 e. The molecule has 0 fully saturated rings. The van der Waals surface area contributed by atoms with Crippen LogP contribution in [-0.2, 0) is 33.0 Å². The maximum absolute atomic E-state index is 12.1. The van der Waals surface area contributed by atoms with Crippen LogP contribution in [0, 0.1) is 0 Å². The van der Waals surface area contributed by atoms with Gasteiger partial charge in [-0.1, -0.05) is 0 Å². The summed E-state index contributed by atoms with van der Waals surface area (Å²) in [6.07, 6.45) is 2.82. The van der Waals surface area contributed by atoms with Crippen LogP contribution in [0.2, 0.25) is 0 Å². The van der Waals surface area contributed by atoms with Crippen molar-refractivity contribution < 1.29 is 17.9 Å². The normalized spacial score (nSPS) is 11.3. The zero-order valence-corrected chi connectivity index (χ0v) is 12.5. The van der Waals surface area contributed by atoms with Crippen molar-refractivity contribution in [1.82, 2.24) is 9.55 Å². The Kier molecular flexibility index (Phi) is 4.09. The Morgan fingerprint density at radius 3 is 2.90 bits per heavy atom. The summed E-state index contributed by atoms with van der Waals surface area (Å²) in [6.45, 7) is 0. The SMILES string of the molecule is COC(=O)Cc1sccc1NS(=O)(=O)c1cn(C)cn1. The van der Waals surface area contributed by atoms with Crippen LogP contribution in [0.15, 0.2) is 29.0 Å². The van der Waals surface area contributed by atoms with Gasteiger partial charge in [-0.2, -0.15) is 8.42 Å². The number of carbonyl (C=O) groups is 1. The van der Waals surface area contributed by atoms with E-state index in [0.29, 0.717) is 10.6 Å². The van der Waals surface area contributed by atoms with Gasteiger partial charge in [-0.3, -0.25) is 9.52 Å². The van der Waals surface area contributed by atoms with Gasteiger partial charge < -0.3 is 9.30 Å². The highest BCUT2D eigenvalue weighted by atomic mass is 32.2. The summed E-state index contributed by atoms with van der Waals surface area (Å²) in [4.78, 5) is 15.7. The molecule has 0 aliphatic rings. The Morgan fingerprint density at radius 2 is 2.30 bits per heavy atom. The summed E-state index contributed by atoms with van der Waals surface area (Å²) >= 11 is 1.28. The van der Waals surface area contributed by atoms with Crippen molar-refractivity contribution in [3.8, 4) is 0 Å². The zero-order chi connectivity index (χ0) is 14.8. The lowest BCUT2D eigenvalue weighted by atomic mass is 10.3. The van der Waals surface area contributed by atoms with Gasteiger partial charge in [0.25, 0.3) is 10.0 Å². The molecule has 0 saturated heterocycles. The third kappa shape index (κ3) is 3.17. The molecule has 0 unspecified atom stereocenters. The van der Waals surface area contributed by atoms with Crippen molar-refractivity contribution >= 4 is 33.0 Å². The molecule has 2 aromatic rings. The Hall–Kier alpha value is -1.87. The summed E-state index contributed by atoms with van der Waals surface area (Å²) in [5.41, 5.74) is 0.367. The number of aromatic nitrogens is 2. The topological polar surface area (TPSA) is 90.3 Å². The number of ether oxygens (including phenoxy) is 1. The van der Waals surface area contributed by atoms with Gasteiger partial charge in [-0.25, -0.2) is 4.98 Å². The molecular formula is C11H13N3O4S2. The minimum Gasteiger partial charge on any atom is -0.469 e. The minimum atomic E-state index is -3.75. The highest BCUT2D eigenvalue weighted by molar-refractivity contribution is 7.92. The van der Waals surface area contributed by atoms with E-state index < -0.39 is 16.0 Å². The van der Waals surface area contributed by atoms with Crippen molar-refractivity contribution in [2.75, 3.05) is 11.8 Å². The van der Waals surface area contributed by atoms with Crippen LogP contribution in [0.25, 0.3) is 0 Å². The van der Waals surface area contributed by atoms with E-state index in [1.807, 2.05) is 0 Å². The van der Waals surface area contributed by atoms with Crippen molar-refractivity contribution in [1.29, 1.82) is 0 Å². The Bertz CT molecular complexity index is 718. The van der Waals surface area contributed by atoms with Crippen LogP contribution in [0.5, 0.6) is 0 Å². The molecule has 0 aromatic carbocycles. The number of carbonyl (C=O) groups excluding carboxylic acids is 1. The molecule has 0 atom stereocenters. The minimum absolute atomic E-state index is 0.0221. The molecule has 2 rings (SSSR count). The zero-order valence-electron chi connectivity index (χ0n) is 10.9. The molecule has 108 valence electrons. The number of hydrogen-bond acceptors (Lipinski definition) is 6. The molecule has 9 heteroatoms. The number of imidazole rings is 1. The van der Waals surface area contributed by atoms with Crippen LogP contribution >= 0.6 is 11.3 Å². The second kappa shape index (κ2) is 5.63. The van der Waals surface area contributed by atoms with E-state index in [4.69, 9.17) is 0 Å². The number of methoxy groups -OCH3 is 1. The Balaban J connectivity index is 2.22. The first kappa shape index (κ1) is 14.5. The van der Waals surface area contributed by atoms with Crippen LogP contribution in [0.3, 0.4) is 0 Å². The van der Waals surface area contributed by atoms with Gasteiger partial charge in [0, 0.05) is 18.1 Å². The third-order valence-electron chi connectivity index (χ3n) is 2.48. The maximum Gasteiger partial charge on any atom is 0.310 e. The summed E-state index contributed by atoms with van der Waals surface area (Å²) in [6, 6.07) is 1.60. The van der Waals surface area contributed by atoms with Gasteiger partial charge >= 0.3 is 5.97 Å². The monoisotopic (exact) mass is 315 g/mol. The maximum atomic E-state index is 12.1. The highest BCUT2D eigenvalue weighted by Gasteiger charge is 2.20. The average Bonchev–Trinajstić information content (AvgIpc) is 2.99. The summed E-state index contributed by atoms with van der Waals surface area (Å²) in [5, 5.41) is 1.63. The Morgan fingerprint density at radius 1 is 1.55 bits per heavy atom. The van der Waals surface area contributed by atoms with Gasteiger partial charge in [-0.05, 0) is 11.4 Å². The van der Waals surface area contributed by atoms with Crippen molar-refractivity contribution in [3.05, 3.63) is 28.8 Å². The van der Waals surface area contributed by atoms with Gasteiger partial charge in [0.1, 0.15) is 0 Å². The van der Waals surface area contributed by atoms with Crippen LogP contribution in [-0.4, -0.2) is 31.0 Å². The standard InChI is InChI=1S/C11H13N3O4S2/c1-14-6-10(12-7-14)20(16,17)13-8-3-4-19-9(8)5-11(15)18-2/h3-4,6-7,13H,5H2,1-2H3. The van der Waals surface area contributed by atoms with E-state index in [1.54, 1.807) is 18.5 Å². The molecule has 2 aromatic heterocycles. The third-order valence-corrected chi connectivity index (χ3v) is 4.65. The molecule has 20 heavy (non-hydrogen) atoms. The predicted octanol–water partition coefficient (Wildman–Crippen LogP) is 0.998.